The Morgan fingerprint density at radius 3 is 1.16 bits per heavy atom. The topological polar surface area (TPSA) is 132 Å². The fourth-order valence-corrected chi connectivity index (χ4v) is 5.60. The molecule has 5 rings (SSSR count). The van der Waals surface area contributed by atoms with Gasteiger partial charge in [0.2, 0.25) is 0 Å². The van der Waals surface area contributed by atoms with E-state index in [4.69, 9.17) is 25.0 Å². The number of benzene rings is 3. The van der Waals surface area contributed by atoms with Gasteiger partial charge in [-0.25, -0.2) is 60.2 Å². The molecule has 0 unspecified atom stereocenters. The summed E-state index contributed by atoms with van der Waals surface area (Å²) in [6, 6.07) is 8.43. The molecule has 0 N–H and O–H groups in total. The minimum absolute atomic E-state index is 0.505. The van der Waals surface area contributed by atoms with Crippen LogP contribution in [0.1, 0.15) is 38.9 Å². The fourth-order valence-electron chi connectivity index (χ4n) is 5.60. The fraction of sp³-hybridized carbons (Fsp3) is 0. The first-order valence-corrected chi connectivity index (χ1v) is 12.9. The standard InChI is InChI=1S/C34H2F8N8/c1-48-18(9-46)20-13-5-14-12(4-11(13)15(6-43)22(20)24-28(37)26(35)17(8-45)27(36)29(24)38)16(7-44)23(21(14)19(10-47)49-2)25-30(39)32(41)34(50-3)33(42)31(25)40/h4-5H/b20-18+,21-19-. The molecule has 234 valence electrons. The zero-order valence-corrected chi connectivity index (χ0v) is 23.8. The highest BCUT2D eigenvalue weighted by Crippen LogP contribution is 2.56. The lowest BCUT2D eigenvalue weighted by atomic mass is 9.90. The van der Waals surface area contributed by atoms with Crippen LogP contribution in [-0.2, 0) is 0 Å². The predicted octanol–water partition coefficient (Wildman–Crippen LogP) is 8.43. The summed E-state index contributed by atoms with van der Waals surface area (Å²) in [5.41, 5.74) is -16.3. The Morgan fingerprint density at radius 1 is 0.500 bits per heavy atom. The van der Waals surface area contributed by atoms with E-state index in [9.17, 15) is 38.6 Å². The highest BCUT2D eigenvalue weighted by Gasteiger charge is 2.41. The summed E-state index contributed by atoms with van der Waals surface area (Å²) >= 11 is 0. The first kappa shape index (κ1) is 33.3. The van der Waals surface area contributed by atoms with Gasteiger partial charge < -0.3 is 0 Å². The number of nitrogens with zero attached hydrogens (tertiary/aromatic N) is 8. The number of rotatable bonds is 2. The average molecular weight is 674 g/mol. The number of hydrogen-bond acceptors (Lipinski definition) is 5. The molecule has 3 aromatic rings. The van der Waals surface area contributed by atoms with Crippen LogP contribution in [0.5, 0.6) is 0 Å². The van der Waals surface area contributed by atoms with Crippen molar-refractivity contribution >= 4 is 39.1 Å². The molecule has 2 aliphatic rings. The van der Waals surface area contributed by atoms with E-state index >= 15 is 17.6 Å². The second kappa shape index (κ2) is 12.0. The van der Waals surface area contributed by atoms with Crippen molar-refractivity contribution in [1.29, 1.82) is 26.3 Å². The third-order valence-corrected chi connectivity index (χ3v) is 7.59. The maximum absolute atomic E-state index is 15.4. The van der Waals surface area contributed by atoms with Crippen LogP contribution in [0, 0.1) is 123 Å². The highest BCUT2D eigenvalue weighted by molar-refractivity contribution is 6.29. The van der Waals surface area contributed by atoms with Crippen LogP contribution in [0.25, 0.3) is 48.0 Å². The van der Waals surface area contributed by atoms with Crippen LogP contribution in [0.15, 0.2) is 23.5 Å². The smallest absolute Gasteiger partial charge is 0.232 e. The average Bonchev–Trinajstić information content (AvgIpc) is 3.59. The van der Waals surface area contributed by atoms with Crippen LogP contribution < -0.4 is 0 Å². The highest BCUT2D eigenvalue weighted by atomic mass is 19.2. The summed E-state index contributed by atoms with van der Waals surface area (Å²) in [5, 5.41) is 48.9. The number of allylic oxidation sites excluding steroid dienone is 8. The maximum atomic E-state index is 15.4. The van der Waals surface area contributed by atoms with E-state index in [1.54, 1.807) is 0 Å². The summed E-state index contributed by atoms with van der Waals surface area (Å²) in [5.74, 6) is -17.6. The van der Waals surface area contributed by atoms with Crippen molar-refractivity contribution in [1.82, 2.24) is 0 Å². The monoisotopic (exact) mass is 674 g/mol. The molecule has 0 aliphatic heterocycles. The Morgan fingerprint density at radius 2 is 0.860 bits per heavy atom. The first-order chi connectivity index (χ1) is 23.8. The van der Waals surface area contributed by atoms with Gasteiger partial charge in [0.25, 0.3) is 17.1 Å². The van der Waals surface area contributed by atoms with E-state index in [0.29, 0.717) is 0 Å². The summed E-state index contributed by atoms with van der Waals surface area (Å²) in [6.07, 6.45) is 0. The third kappa shape index (κ3) is 4.22. The second-order valence-corrected chi connectivity index (χ2v) is 9.77. The van der Waals surface area contributed by atoms with Crippen molar-refractivity contribution in [2.45, 2.75) is 0 Å². The van der Waals surface area contributed by atoms with Crippen molar-refractivity contribution in [2.24, 2.45) is 0 Å². The predicted molar refractivity (Wildman–Crippen MR) is 153 cm³/mol. The molecule has 0 heterocycles. The van der Waals surface area contributed by atoms with Crippen LogP contribution >= 0.6 is 0 Å². The Kier molecular flexibility index (Phi) is 7.98. The molecule has 0 atom stereocenters. The molecule has 2 aliphatic carbocycles. The van der Waals surface area contributed by atoms with Gasteiger partial charge in [0.1, 0.15) is 23.8 Å². The van der Waals surface area contributed by atoms with Crippen molar-refractivity contribution < 1.29 is 35.1 Å². The number of nitriles is 5. The van der Waals surface area contributed by atoms with Gasteiger partial charge in [-0.2, -0.15) is 15.8 Å². The van der Waals surface area contributed by atoms with E-state index in [1.807, 2.05) is 0 Å². The zero-order chi connectivity index (χ0) is 36.9. The van der Waals surface area contributed by atoms with Gasteiger partial charge in [-0.05, 0) is 23.3 Å². The van der Waals surface area contributed by atoms with E-state index in [2.05, 4.69) is 14.5 Å². The summed E-state index contributed by atoms with van der Waals surface area (Å²) in [4.78, 5) is 8.33. The largest absolute Gasteiger partial charge is 0.270 e. The van der Waals surface area contributed by atoms with Crippen molar-refractivity contribution in [3.05, 3.63) is 143 Å². The molecule has 0 saturated heterocycles. The van der Waals surface area contributed by atoms with Crippen LogP contribution in [0.3, 0.4) is 0 Å². The zero-order valence-electron chi connectivity index (χ0n) is 23.8. The SMILES string of the molecule is [C-]#[N+]/C(C#N)=C1\C(c2c(F)c(F)c([N+]#[C-])c(F)c2F)=C(C#N)c2cc3c(cc21)/C(=C(/C#N)[N+]#[C-])C(c1c(F)c(F)c(C#N)c(F)c1F)=C3C#N. The summed E-state index contributed by atoms with van der Waals surface area (Å²) < 4.78 is 121. The van der Waals surface area contributed by atoms with Crippen LogP contribution in [0.4, 0.5) is 40.8 Å². The molecule has 3 aromatic carbocycles. The molecule has 50 heavy (non-hydrogen) atoms. The molecule has 0 saturated carbocycles. The van der Waals surface area contributed by atoms with E-state index < -0.39 is 136 Å². The van der Waals surface area contributed by atoms with Gasteiger partial charge in [0.05, 0.1) is 54.1 Å². The lowest BCUT2D eigenvalue weighted by Gasteiger charge is -2.14. The number of fused-ring (bicyclic) bond motifs is 2. The van der Waals surface area contributed by atoms with E-state index in [-0.39, 0.29) is 0 Å². The van der Waals surface area contributed by atoms with Gasteiger partial charge >= 0.3 is 0 Å². The normalized spacial score (nSPS) is 14.6. The lowest BCUT2D eigenvalue weighted by molar-refractivity contribution is 0.447. The van der Waals surface area contributed by atoms with Gasteiger partial charge in [-0.1, -0.05) is 0 Å². The number of halogens is 8. The van der Waals surface area contributed by atoms with Gasteiger partial charge in [-0.15, -0.1) is 0 Å². The molecule has 0 radical (unpaired) electrons. The summed E-state index contributed by atoms with van der Waals surface area (Å²) in [7, 11) is 0. The van der Waals surface area contributed by atoms with Crippen molar-refractivity contribution in [3.8, 4) is 30.3 Å². The summed E-state index contributed by atoms with van der Waals surface area (Å²) in [6.45, 7) is 21.8. The van der Waals surface area contributed by atoms with E-state index in [1.165, 1.54) is 24.3 Å². The van der Waals surface area contributed by atoms with E-state index in [0.717, 1.165) is 18.2 Å². The minimum atomic E-state index is -2.21. The molecule has 0 spiro atoms. The number of hydrogen-bond donors (Lipinski definition) is 0. The van der Waals surface area contributed by atoms with Crippen LogP contribution in [-0.4, -0.2) is 0 Å². The first-order valence-electron chi connectivity index (χ1n) is 12.9. The Balaban J connectivity index is 2.03. The molecule has 16 heteroatoms. The van der Waals surface area contributed by atoms with Crippen molar-refractivity contribution in [3.63, 3.8) is 0 Å². The lowest BCUT2D eigenvalue weighted by Crippen LogP contribution is -2.07. The second-order valence-electron chi connectivity index (χ2n) is 9.77. The molecule has 0 fully saturated rings. The Bertz CT molecular complexity index is 2440. The Hall–Kier alpha value is -8.02. The third-order valence-electron chi connectivity index (χ3n) is 7.59. The quantitative estimate of drug-likeness (QED) is 0.117. The Labute approximate surface area is 274 Å². The molecule has 8 nitrogen and oxygen atoms in total. The molecule has 0 amide bonds. The minimum Gasteiger partial charge on any atom is -0.232 e. The molecular weight excluding hydrogens is 672 g/mol. The maximum Gasteiger partial charge on any atom is 0.270 e. The van der Waals surface area contributed by atoms with Crippen molar-refractivity contribution in [2.75, 3.05) is 0 Å². The van der Waals surface area contributed by atoms with Gasteiger partial charge in [0.15, 0.2) is 46.5 Å². The van der Waals surface area contributed by atoms with Gasteiger partial charge in [-0.3, -0.25) is 0 Å². The molecule has 0 bridgehead atoms. The van der Waals surface area contributed by atoms with Gasteiger partial charge in [0, 0.05) is 33.4 Å². The van der Waals surface area contributed by atoms with Crippen LogP contribution in [0.2, 0.25) is 0 Å². The molecular formula is C34H2F8N8. The molecule has 0 aromatic heterocycles.